The number of pyridine rings is 1. The average molecular weight is 430 g/mol. The SMILES string of the molecule is O=C(Nc1cccc(Cn2nc3ccccn3c2=O)c1)c1cccn1Cc1cccs1. The number of fused-ring (bicyclic) bond motifs is 1. The molecule has 31 heavy (non-hydrogen) atoms. The van der Waals surface area contributed by atoms with Gasteiger partial charge in [0.25, 0.3) is 5.91 Å². The Kier molecular flexibility index (Phi) is 4.97. The normalized spacial score (nSPS) is 11.1. The fraction of sp³-hybridized carbons (Fsp3) is 0.0870. The van der Waals surface area contributed by atoms with E-state index in [4.69, 9.17) is 0 Å². The van der Waals surface area contributed by atoms with E-state index in [1.165, 1.54) is 14.0 Å². The second-order valence-corrected chi connectivity index (χ2v) is 8.16. The lowest BCUT2D eigenvalue weighted by Gasteiger charge is -2.10. The van der Waals surface area contributed by atoms with Crippen LogP contribution >= 0.6 is 11.3 Å². The number of rotatable bonds is 6. The smallest absolute Gasteiger partial charge is 0.338 e. The van der Waals surface area contributed by atoms with Gasteiger partial charge in [0, 0.05) is 23.0 Å². The van der Waals surface area contributed by atoms with Crippen molar-refractivity contribution < 1.29 is 4.79 Å². The Hall–Kier alpha value is -3.91. The highest BCUT2D eigenvalue weighted by Crippen LogP contribution is 2.16. The number of amides is 1. The monoisotopic (exact) mass is 429 g/mol. The van der Waals surface area contributed by atoms with Gasteiger partial charge in [-0.1, -0.05) is 24.3 Å². The predicted molar refractivity (Wildman–Crippen MR) is 121 cm³/mol. The van der Waals surface area contributed by atoms with Crippen molar-refractivity contribution in [1.29, 1.82) is 0 Å². The predicted octanol–water partition coefficient (Wildman–Crippen LogP) is 3.71. The standard InChI is InChI=1S/C23H19N5O2S/c29-22(20-9-4-11-26(20)16-19-8-5-13-31-19)24-18-7-3-6-17(14-18)15-28-23(30)27-12-2-1-10-21(27)25-28/h1-14H,15-16H2,(H,24,29). The highest BCUT2D eigenvalue weighted by atomic mass is 32.1. The summed E-state index contributed by atoms with van der Waals surface area (Å²) in [6.45, 7) is 0.975. The van der Waals surface area contributed by atoms with E-state index in [0.717, 1.165) is 5.56 Å². The summed E-state index contributed by atoms with van der Waals surface area (Å²) >= 11 is 1.66. The zero-order chi connectivity index (χ0) is 21.2. The number of hydrogen-bond donors (Lipinski definition) is 1. The quantitative estimate of drug-likeness (QED) is 0.447. The van der Waals surface area contributed by atoms with E-state index in [0.29, 0.717) is 30.1 Å². The molecule has 0 aliphatic carbocycles. The van der Waals surface area contributed by atoms with Crippen molar-refractivity contribution >= 4 is 28.6 Å². The Morgan fingerprint density at radius 3 is 2.74 bits per heavy atom. The summed E-state index contributed by atoms with van der Waals surface area (Å²) in [5, 5.41) is 9.35. The summed E-state index contributed by atoms with van der Waals surface area (Å²) in [4.78, 5) is 26.6. The maximum absolute atomic E-state index is 12.9. The van der Waals surface area contributed by atoms with Crippen LogP contribution in [-0.2, 0) is 13.1 Å². The molecule has 1 amide bonds. The summed E-state index contributed by atoms with van der Waals surface area (Å²) < 4.78 is 4.86. The number of aromatic nitrogens is 4. The van der Waals surface area contributed by atoms with Crippen LogP contribution in [0.1, 0.15) is 20.9 Å². The molecule has 0 aliphatic heterocycles. The first kappa shape index (κ1) is 19.1. The Morgan fingerprint density at radius 1 is 0.968 bits per heavy atom. The number of benzene rings is 1. The van der Waals surface area contributed by atoms with Crippen LogP contribution in [0.25, 0.3) is 5.65 Å². The minimum atomic E-state index is -0.198. The van der Waals surface area contributed by atoms with Crippen molar-refractivity contribution in [2.45, 2.75) is 13.1 Å². The molecule has 1 N–H and O–H groups in total. The first-order valence-electron chi connectivity index (χ1n) is 9.79. The molecular formula is C23H19N5O2S. The van der Waals surface area contributed by atoms with E-state index >= 15 is 0 Å². The highest BCUT2D eigenvalue weighted by Gasteiger charge is 2.13. The molecule has 154 valence electrons. The summed E-state index contributed by atoms with van der Waals surface area (Å²) in [6, 6.07) is 20.6. The molecule has 0 bridgehead atoms. The molecular weight excluding hydrogens is 410 g/mol. The van der Waals surface area contributed by atoms with Crippen LogP contribution in [0.2, 0.25) is 0 Å². The topological polar surface area (TPSA) is 73.3 Å². The molecule has 5 aromatic rings. The zero-order valence-electron chi connectivity index (χ0n) is 16.5. The molecule has 8 heteroatoms. The minimum absolute atomic E-state index is 0.177. The second kappa shape index (κ2) is 8.08. The molecule has 4 aromatic heterocycles. The lowest BCUT2D eigenvalue weighted by Crippen LogP contribution is -2.21. The molecule has 0 fully saturated rings. The van der Waals surface area contributed by atoms with E-state index in [2.05, 4.69) is 16.5 Å². The van der Waals surface area contributed by atoms with E-state index in [1.54, 1.807) is 29.7 Å². The molecule has 0 atom stereocenters. The molecule has 1 aromatic carbocycles. The van der Waals surface area contributed by atoms with Gasteiger partial charge < -0.3 is 9.88 Å². The Bertz CT molecular complexity index is 1410. The average Bonchev–Trinajstić information content (AvgIpc) is 3.51. The fourth-order valence-corrected chi connectivity index (χ4v) is 4.22. The lowest BCUT2D eigenvalue weighted by molar-refractivity contribution is 0.101. The van der Waals surface area contributed by atoms with E-state index in [1.807, 2.05) is 64.7 Å². The molecule has 5 rings (SSSR count). The lowest BCUT2D eigenvalue weighted by atomic mass is 10.2. The number of anilines is 1. The van der Waals surface area contributed by atoms with Gasteiger partial charge in [-0.3, -0.25) is 9.20 Å². The third-order valence-electron chi connectivity index (χ3n) is 4.97. The van der Waals surface area contributed by atoms with Crippen LogP contribution < -0.4 is 11.0 Å². The first-order chi connectivity index (χ1) is 15.2. The fourth-order valence-electron chi connectivity index (χ4n) is 3.52. The molecule has 0 aliphatic rings. The number of nitrogens with one attached hydrogen (secondary N) is 1. The van der Waals surface area contributed by atoms with Crippen molar-refractivity contribution in [3.8, 4) is 0 Å². The number of carbonyl (C=O) groups is 1. The van der Waals surface area contributed by atoms with Gasteiger partial charge in [-0.15, -0.1) is 16.4 Å². The van der Waals surface area contributed by atoms with Crippen molar-refractivity contribution in [1.82, 2.24) is 18.7 Å². The molecule has 0 saturated heterocycles. The van der Waals surface area contributed by atoms with Crippen molar-refractivity contribution in [3.05, 3.63) is 111 Å². The number of nitrogens with zero attached hydrogens (tertiary/aromatic N) is 4. The van der Waals surface area contributed by atoms with E-state index < -0.39 is 0 Å². The minimum Gasteiger partial charge on any atom is -0.338 e. The van der Waals surface area contributed by atoms with Gasteiger partial charge in [-0.25, -0.2) is 9.48 Å². The maximum atomic E-state index is 12.9. The number of carbonyl (C=O) groups excluding carboxylic acids is 1. The first-order valence-corrected chi connectivity index (χ1v) is 10.7. The van der Waals surface area contributed by atoms with Crippen molar-refractivity contribution in [3.63, 3.8) is 0 Å². The van der Waals surface area contributed by atoms with Crippen molar-refractivity contribution in [2.75, 3.05) is 5.32 Å². The third-order valence-corrected chi connectivity index (χ3v) is 5.84. The van der Waals surface area contributed by atoms with Gasteiger partial charge in [-0.2, -0.15) is 0 Å². The van der Waals surface area contributed by atoms with Gasteiger partial charge in [-0.05, 0) is 53.4 Å². The molecule has 0 saturated carbocycles. The Morgan fingerprint density at radius 2 is 1.90 bits per heavy atom. The van der Waals surface area contributed by atoms with Crippen LogP contribution in [0.5, 0.6) is 0 Å². The Balaban J connectivity index is 1.34. The van der Waals surface area contributed by atoms with Crippen LogP contribution in [0, 0.1) is 0 Å². The number of thiophene rings is 1. The van der Waals surface area contributed by atoms with Crippen LogP contribution in [0.4, 0.5) is 5.69 Å². The number of hydrogen-bond acceptors (Lipinski definition) is 4. The van der Waals surface area contributed by atoms with Gasteiger partial charge in [0.15, 0.2) is 5.65 Å². The van der Waals surface area contributed by atoms with Gasteiger partial charge in [0.2, 0.25) is 0 Å². The van der Waals surface area contributed by atoms with Crippen LogP contribution in [-0.4, -0.2) is 24.7 Å². The molecule has 7 nitrogen and oxygen atoms in total. The summed E-state index contributed by atoms with van der Waals surface area (Å²) in [5.74, 6) is -0.177. The van der Waals surface area contributed by atoms with Crippen molar-refractivity contribution in [2.24, 2.45) is 0 Å². The Labute approximate surface area is 181 Å². The van der Waals surface area contributed by atoms with E-state index in [9.17, 15) is 9.59 Å². The largest absolute Gasteiger partial charge is 0.350 e. The van der Waals surface area contributed by atoms with Crippen LogP contribution in [0.3, 0.4) is 0 Å². The van der Waals surface area contributed by atoms with Crippen LogP contribution in [0.15, 0.2) is 89.3 Å². The van der Waals surface area contributed by atoms with Gasteiger partial charge in [0.05, 0.1) is 13.1 Å². The summed E-state index contributed by atoms with van der Waals surface area (Å²) in [6.07, 6.45) is 3.60. The summed E-state index contributed by atoms with van der Waals surface area (Å²) in [5.41, 5.74) is 2.54. The second-order valence-electron chi connectivity index (χ2n) is 7.12. The van der Waals surface area contributed by atoms with Gasteiger partial charge in [0.1, 0.15) is 5.69 Å². The van der Waals surface area contributed by atoms with E-state index in [-0.39, 0.29) is 11.6 Å². The zero-order valence-corrected chi connectivity index (χ0v) is 17.3. The molecule has 0 spiro atoms. The highest BCUT2D eigenvalue weighted by molar-refractivity contribution is 7.09. The third kappa shape index (κ3) is 3.93. The van der Waals surface area contributed by atoms with Gasteiger partial charge >= 0.3 is 5.69 Å². The molecule has 0 unspecified atom stereocenters. The molecule has 0 radical (unpaired) electrons. The maximum Gasteiger partial charge on any atom is 0.350 e. The molecule has 4 heterocycles. The summed E-state index contributed by atoms with van der Waals surface area (Å²) in [7, 11) is 0.